The molecule has 0 radical (unpaired) electrons. The SMILES string of the molecule is CCCCn1c(CN(CCC(C)C)Cc2ccc(C(C)C)cc2)cnc1-c1cccc(F)c1. The molecule has 3 aromatic rings. The quantitative estimate of drug-likeness (QED) is 0.283. The van der Waals surface area contributed by atoms with Crippen LogP contribution in [0.15, 0.2) is 54.7 Å². The van der Waals surface area contributed by atoms with E-state index in [1.54, 1.807) is 12.1 Å². The van der Waals surface area contributed by atoms with Gasteiger partial charge in [-0.15, -0.1) is 0 Å². The second kappa shape index (κ2) is 12.1. The van der Waals surface area contributed by atoms with Crippen molar-refractivity contribution in [2.45, 2.75) is 79.4 Å². The summed E-state index contributed by atoms with van der Waals surface area (Å²) in [5.74, 6) is 1.85. The summed E-state index contributed by atoms with van der Waals surface area (Å²) in [6.07, 6.45) is 5.33. The molecular formula is C29H40FN3. The number of halogens is 1. The molecule has 0 amide bonds. The largest absolute Gasteiger partial charge is 0.327 e. The molecule has 178 valence electrons. The van der Waals surface area contributed by atoms with Gasteiger partial charge in [0.15, 0.2) is 0 Å². The monoisotopic (exact) mass is 449 g/mol. The lowest BCUT2D eigenvalue weighted by Gasteiger charge is -2.24. The average Bonchev–Trinajstić information content (AvgIpc) is 3.18. The molecule has 1 aromatic heterocycles. The predicted octanol–water partition coefficient (Wildman–Crippen LogP) is 7.66. The highest BCUT2D eigenvalue weighted by molar-refractivity contribution is 5.56. The van der Waals surface area contributed by atoms with Crippen molar-refractivity contribution in [2.75, 3.05) is 6.54 Å². The molecule has 3 rings (SSSR count). The standard InChI is InChI=1S/C29H40FN3/c1-6-7-16-33-28(19-31-29(33)26-9-8-10-27(30)18-26)21-32(17-15-22(2)3)20-24-11-13-25(14-12-24)23(4)5/h8-14,18-19,22-23H,6-7,15-17,20-21H2,1-5H3. The van der Waals surface area contributed by atoms with Crippen LogP contribution in [0.2, 0.25) is 0 Å². The van der Waals surface area contributed by atoms with Gasteiger partial charge in [-0.25, -0.2) is 9.37 Å². The number of benzene rings is 2. The van der Waals surface area contributed by atoms with E-state index in [1.165, 1.54) is 22.9 Å². The van der Waals surface area contributed by atoms with Gasteiger partial charge < -0.3 is 4.57 Å². The number of nitrogens with zero attached hydrogens (tertiary/aromatic N) is 3. The fourth-order valence-corrected chi connectivity index (χ4v) is 4.11. The van der Waals surface area contributed by atoms with Crippen molar-refractivity contribution in [2.24, 2.45) is 5.92 Å². The molecule has 0 aliphatic rings. The number of unbranched alkanes of at least 4 members (excludes halogenated alkanes) is 1. The summed E-state index contributed by atoms with van der Waals surface area (Å²) in [5.41, 5.74) is 4.76. The van der Waals surface area contributed by atoms with E-state index < -0.39 is 0 Å². The Labute approximate surface area is 199 Å². The van der Waals surface area contributed by atoms with Crippen molar-refractivity contribution >= 4 is 0 Å². The molecule has 0 atom stereocenters. The molecule has 0 saturated heterocycles. The Kier molecular flexibility index (Phi) is 9.25. The smallest absolute Gasteiger partial charge is 0.140 e. The van der Waals surface area contributed by atoms with Crippen molar-refractivity contribution in [1.29, 1.82) is 0 Å². The summed E-state index contributed by atoms with van der Waals surface area (Å²) in [7, 11) is 0. The summed E-state index contributed by atoms with van der Waals surface area (Å²) in [6, 6.07) is 15.8. The van der Waals surface area contributed by atoms with Crippen molar-refractivity contribution in [3.05, 3.63) is 77.4 Å². The van der Waals surface area contributed by atoms with Crippen LogP contribution >= 0.6 is 0 Å². The van der Waals surface area contributed by atoms with Gasteiger partial charge in [-0.05, 0) is 54.5 Å². The number of hydrogen-bond donors (Lipinski definition) is 0. The Balaban J connectivity index is 1.85. The number of rotatable bonds is 12. The molecule has 0 aliphatic heterocycles. The lowest BCUT2D eigenvalue weighted by atomic mass is 10.0. The van der Waals surface area contributed by atoms with Crippen LogP contribution < -0.4 is 0 Å². The van der Waals surface area contributed by atoms with Crippen LogP contribution in [0.25, 0.3) is 11.4 Å². The molecule has 0 unspecified atom stereocenters. The fraction of sp³-hybridized carbons (Fsp3) is 0.483. The summed E-state index contributed by atoms with van der Waals surface area (Å²) in [5, 5.41) is 0. The van der Waals surface area contributed by atoms with Gasteiger partial charge in [0.1, 0.15) is 11.6 Å². The first-order chi connectivity index (χ1) is 15.9. The summed E-state index contributed by atoms with van der Waals surface area (Å²) in [4.78, 5) is 7.26. The van der Waals surface area contributed by atoms with Crippen LogP contribution in [0.5, 0.6) is 0 Å². The Morgan fingerprint density at radius 1 is 1.00 bits per heavy atom. The molecule has 0 fully saturated rings. The summed E-state index contributed by atoms with van der Waals surface area (Å²) in [6.45, 7) is 14.9. The van der Waals surface area contributed by atoms with Crippen molar-refractivity contribution < 1.29 is 4.39 Å². The molecule has 4 heteroatoms. The van der Waals surface area contributed by atoms with E-state index in [0.717, 1.165) is 56.8 Å². The van der Waals surface area contributed by atoms with Crippen LogP contribution in [0, 0.1) is 11.7 Å². The third kappa shape index (κ3) is 7.26. The van der Waals surface area contributed by atoms with Crippen LogP contribution in [0.4, 0.5) is 4.39 Å². The maximum absolute atomic E-state index is 13.9. The number of hydrogen-bond acceptors (Lipinski definition) is 2. The molecule has 0 bridgehead atoms. The minimum Gasteiger partial charge on any atom is -0.327 e. The first-order valence-corrected chi connectivity index (χ1v) is 12.5. The maximum atomic E-state index is 13.9. The second-order valence-electron chi connectivity index (χ2n) is 9.88. The van der Waals surface area contributed by atoms with Gasteiger partial charge in [0.05, 0.1) is 11.9 Å². The number of aromatic nitrogens is 2. The van der Waals surface area contributed by atoms with Crippen LogP contribution in [0.3, 0.4) is 0 Å². The Bertz CT molecular complexity index is 988. The zero-order chi connectivity index (χ0) is 23.8. The van der Waals surface area contributed by atoms with Crippen molar-refractivity contribution in [3.8, 4) is 11.4 Å². The second-order valence-corrected chi connectivity index (χ2v) is 9.88. The first kappa shape index (κ1) is 25.2. The van der Waals surface area contributed by atoms with E-state index in [4.69, 9.17) is 4.98 Å². The zero-order valence-corrected chi connectivity index (χ0v) is 21.0. The van der Waals surface area contributed by atoms with Gasteiger partial charge in [-0.2, -0.15) is 0 Å². The summed E-state index contributed by atoms with van der Waals surface area (Å²) < 4.78 is 16.2. The van der Waals surface area contributed by atoms with Crippen LogP contribution in [-0.2, 0) is 19.6 Å². The average molecular weight is 450 g/mol. The lowest BCUT2D eigenvalue weighted by molar-refractivity contribution is 0.235. The molecule has 0 spiro atoms. The van der Waals surface area contributed by atoms with E-state index in [9.17, 15) is 4.39 Å². The Hall–Kier alpha value is -2.46. The molecule has 2 aromatic carbocycles. The van der Waals surface area contributed by atoms with E-state index in [-0.39, 0.29) is 5.82 Å². The minimum atomic E-state index is -0.220. The van der Waals surface area contributed by atoms with Crippen molar-refractivity contribution in [3.63, 3.8) is 0 Å². The Morgan fingerprint density at radius 2 is 1.76 bits per heavy atom. The minimum absolute atomic E-state index is 0.220. The van der Waals surface area contributed by atoms with Crippen LogP contribution in [0.1, 0.15) is 76.6 Å². The third-order valence-corrected chi connectivity index (χ3v) is 6.22. The van der Waals surface area contributed by atoms with Gasteiger partial charge in [0, 0.05) is 25.2 Å². The molecule has 0 saturated carbocycles. The van der Waals surface area contributed by atoms with E-state index >= 15 is 0 Å². The first-order valence-electron chi connectivity index (χ1n) is 12.5. The highest BCUT2D eigenvalue weighted by atomic mass is 19.1. The van der Waals surface area contributed by atoms with Gasteiger partial charge >= 0.3 is 0 Å². The zero-order valence-electron chi connectivity index (χ0n) is 21.0. The van der Waals surface area contributed by atoms with Gasteiger partial charge in [0.2, 0.25) is 0 Å². The molecule has 0 aliphatic carbocycles. The van der Waals surface area contributed by atoms with E-state index in [2.05, 4.69) is 68.4 Å². The maximum Gasteiger partial charge on any atom is 0.140 e. The number of imidazole rings is 1. The molecule has 3 nitrogen and oxygen atoms in total. The van der Waals surface area contributed by atoms with Gasteiger partial charge in [0.25, 0.3) is 0 Å². The highest BCUT2D eigenvalue weighted by Crippen LogP contribution is 2.24. The van der Waals surface area contributed by atoms with E-state index in [0.29, 0.717) is 11.8 Å². The molecular weight excluding hydrogens is 409 g/mol. The molecule has 33 heavy (non-hydrogen) atoms. The summed E-state index contributed by atoms with van der Waals surface area (Å²) >= 11 is 0. The lowest BCUT2D eigenvalue weighted by Crippen LogP contribution is -2.26. The van der Waals surface area contributed by atoms with Gasteiger partial charge in [-0.3, -0.25) is 4.90 Å². The Morgan fingerprint density at radius 3 is 2.39 bits per heavy atom. The fourth-order valence-electron chi connectivity index (χ4n) is 4.11. The topological polar surface area (TPSA) is 21.1 Å². The third-order valence-electron chi connectivity index (χ3n) is 6.22. The van der Waals surface area contributed by atoms with E-state index in [1.807, 2.05) is 12.3 Å². The predicted molar refractivity (Wildman–Crippen MR) is 137 cm³/mol. The molecule has 1 heterocycles. The van der Waals surface area contributed by atoms with Crippen molar-refractivity contribution in [1.82, 2.24) is 14.5 Å². The molecule has 0 N–H and O–H groups in total. The van der Waals surface area contributed by atoms with Crippen LogP contribution in [-0.4, -0.2) is 21.0 Å². The normalized spacial score (nSPS) is 11.8. The van der Waals surface area contributed by atoms with Gasteiger partial charge in [-0.1, -0.05) is 77.4 Å². The highest BCUT2D eigenvalue weighted by Gasteiger charge is 2.16.